The van der Waals surface area contributed by atoms with E-state index in [9.17, 15) is 4.79 Å². The van der Waals surface area contributed by atoms with Crippen molar-refractivity contribution in [3.63, 3.8) is 0 Å². The van der Waals surface area contributed by atoms with Gasteiger partial charge in [-0.3, -0.25) is 9.47 Å². The third kappa shape index (κ3) is 2.83. The Hall–Kier alpha value is -1.59. The van der Waals surface area contributed by atoms with Gasteiger partial charge in [-0.1, -0.05) is 12.1 Å². The summed E-state index contributed by atoms with van der Waals surface area (Å²) in [7, 11) is 0. The molecule has 2 aromatic rings. The molecule has 1 unspecified atom stereocenters. The molecule has 0 bridgehead atoms. The molecule has 4 rings (SSSR count). The minimum atomic E-state index is -0.249. The first-order valence-corrected chi connectivity index (χ1v) is 8.21. The summed E-state index contributed by atoms with van der Waals surface area (Å²) in [6.07, 6.45) is 3.74. The fourth-order valence-electron chi connectivity index (χ4n) is 3.38. The topological polar surface area (TPSA) is 47.6 Å². The van der Waals surface area contributed by atoms with Crippen molar-refractivity contribution in [2.24, 2.45) is 5.92 Å². The Morgan fingerprint density at radius 2 is 2.09 bits per heavy atom. The summed E-state index contributed by atoms with van der Waals surface area (Å²) in [4.78, 5) is 14.6. The van der Waals surface area contributed by atoms with Crippen LogP contribution in [0.2, 0.25) is 0 Å². The molecule has 0 spiro atoms. The van der Waals surface area contributed by atoms with E-state index in [2.05, 4.69) is 4.90 Å². The lowest BCUT2D eigenvalue weighted by atomic mass is 10.1. The van der Waals surface area contributed by atoms with E-state index in [4.69, 9.17) is 9.15 Å². The van der Waals surface area contributed by atoms with Gasteiger partial charge < -0.3 is 9.15 Å². The fraction of sp³-hybridized carbons (Fsp3) is 0.588. The summed E-state index contributed by atoms with van der Waals surface area (Å²) in [6.45, 7) is 4.48. The van der Waals surface area contributed by atoms with Crippen LogP contribution in [0.25, 0.3) is 11.1 Å². The molecular formula is C17H22N2O3. The molecule has 2 aliphatic rings. The van der Waals surface area contributed by atoms with Crippen molar-refractivity contribution in [2.45, 2.75) is 31.8 Å². The zero-order valence-electron chi connectivity index (χ0n) is 12.7. The zero-order valence-corrected chi connectivity index (χ0v) is 12.7. The molecule has 1 aliphatic carbocycles. The maximum absolute atomic E-state index is 12.0. The first-order chi connectivity index (χ1) is 10.8. The lowest BCUT2D eigenvalue weighted by Crippen LogP contribution is -2.35. The van der Waals surface area contributed by atoms with Crippen LogP contribution in [0.1, 0.15) is 19.3 Å². The number of fused-ring (bicyclic) bond motifs is 1. The van der Waals surface area contributed by atoms with Gasteiger partial charge in [-0.25, -0.2) is 4.79 Å². The molecule has 2 fully saturated rings. The van der Waals surface area contributed by atoms with Crippen molar-refractivity contribution < 1.29 is 9.15 Å². The van der Waals surface area contributed by atoms with Gasteiger partial charge in [0.1, 0.15) is 0 Å². The third-order valence-electron chi connectivity index (χ3n) is 4.76. The molecule has 1 aliphatic heterocycles. The Labute approximate surface area is 129 Å². The highest BCUT2D eigenvalue weighted by Gasteiger charge is 2.31. The molecule has 1 aromatic heterocycles. The van der Waals surface area contributed by atoms with Crippen molar-refractivity contribution in [1.29, 1.82) is 0 Å². The Morgan fingerprint density at radius 3 is 2.86 bits per heavy atom. The number of hydrogen-bond donors (Lipinski definition) is 0. The molecule has 1 aromatic carbocycles. The van der Waals surface area contributed by atoms with E-state index < -0.39 is 0 Å². The molecule has 5 nitrogen and oxygen atoms in total. The highest BCUT2D eigenvalue weighted by Crippen LogP contribution is 2.29. The van der Waals surface area contributed by atoms with Gasteiger partial charge in [-0.05, 0) is 37.3 Å². The first-order valence-electron chi connectivity index (χ1n) is 8.21. The quantitative estimate of drug-likeness (QED) is 0.820. The van der Waals surface area contributed by atoms with Gasteiger partial charge >= 0.3 is 5.76 Å². The number of hydrogen-bond acceptors (Lipinski definition) is 4. The monoisotopic (exact) mass is 302 g/mol. The normalized spacial score (nSPS) is 22.0. The number of nitrogens with zero attached hydrogens (tertiary/aromatic N) is 2. The average Bonchev–Trinajstić information content (AvgIpc) is 3.15. The first kappa shape index (κ1) is 14.0. The third-order valence-corrected chi connectivity index (χ3v) is 4.76. The van der Waals surface area contributed by atoms with Crippen LogP contribution in [0, 0.1) is 5.92 Å². The van der Waals surface area contributed by atoms with E-state index in [1.807, 2.05) is 24.3 Å². The average molecular weight is 302 g/mol. The molecule has 1 saturated heterocycles. The van der Waals surface area contributed by atoms with Crippen molar-refractivity contribution in [3.8, 4) is 0 Å². The molecule has 0 radical (unpaired) electrons. The van der Waals surface area contributed by atoms with E-state index in [1.54, 1.807) is 4.57 Å². The van der Waals surface area contributed by atoms with E-state index in [0.29, 0.717) is 24.1 Å². The number of benzene rings is 1. The summed E-state index contributed by atoms with van der Waals surface area (Å²) in [5.41, 5.74) is 1.57. The van der Waals surface area contributed by atoms with Crippen molar-refractivity contribution in [2.75, 3.05) is 26.3 Å². The highest BCUT2D eigenvalue weighted by atomic mass is 16.5. The summed E-state index contributed by atoms with van der Waals surface area (Å²) in [6, 6.07) is 8.34. The lowest BCUT2D eigenvalue weighted by molar-refractivity contribution is 0.162. The van der Waals surface area contributed by atoms with Gasteiger partial charge in [-0.2, -0.15) is 0 Å². The van der Waals surface area contributed by atoms with E-state index >= 15 is 0 Å². The number of ether oxygens (including phenoxy) is 1. The van der Waals surface area contributed by atoms with Gasteiger partial charge in [-0.15, -0.1) is 0 Å². The minimum absolute atomic E-state index is 0.249. The summed E-state index contributed by atoms with van der Waals surface area (Å²) in [5, 5.41) is 0. The van der Waals surface area contributed by atoms with Gasteiger partial charge in [0.15, 0.2) is 5.58 Å². The predicted octanol–water partition coefficient (Wildman–Crippen LogP) is 2.10. The van der Waals surface area contributed by atoms with Crippen LogP contribution < -0.4 is 5.76 Å². The van der Waals surface area contributed by atoms with Gasteiger partial charge in [0.2, 0.25) is 0 Å². The summed E-state index contributed by atoms with van der Waals surface area (Å²) >= 11 is 0. The highest BCUT2D eigenvalue weighted by molar-refractivity contribution is 5.72. The molecular weight excluding hydrogens is 280 g/mol. The minimum Gasteiger partial charge on any atom is -0.408 e. The maximum atomic E-state index is 12.0. The van der Waals surface area contributed by atoms with Crippen molar-refractivity contribution >= 4 is 11.1 Å². The van der Waals surface area contributed by atoms with Crippen LogP contribution >= 0.6 is 0 Å². The number of rotatable bonds is 6. The summed E-state index contributed by atoms with van der Waals surface area (Å²) in [5.74, 6) is 0.402. The Morgan fingerprint density at radius 1 is 1.23 bits per heavy atom. The van der Waals surface area contributed by atoms with Gasteiger partial charge in [0.05, 0.1) is 12.1 Å². The van der Waals surface area contributed by atoms with Gasteiger partial charge in [0, 0.05) is 32.3 Å². The second-order valence-electron chi connectivity index (χ2n) is 6.44. The molecule has 1 saturated carbocycles. The van der Waals surface area contributed by atoms with E-state index in [-0.39, 0.29) is 5.76 Å². The second kappa shape index (κ2) is 5.89. The SMILES string of the molecule is O=c1oc2ccccc2n1CCN(CC1CCOC1)C1CC1. The predicted molar refractivity (Wildman–Crippen MR) is 84.0 cm³/mol. The summed E-state index contributed by atoms with van der Waals surface area (Å²) < 4.78 is 12.6. The largest absolute Gasteiger partial charge is 0.419 e. The standard InChI is InChI=1S/C17H22N2O3/c20-17-19(15-3-1-2-4-16(15)22-17)9-8-18(14-5-6-14)11-13-7-10-21-12-13/h1-4,13-14H,5-12H2. The molecule has 0 amide bonds. The zero-order chi connectivity index (χ0) is 14.9. The molecule has 118 valence electrons. The van der Waals surface area contributed by atoms with E-state index in [0.717, 1.165) is 38.2 Å². The van der Waals surface area contributed by atoms with Crippen LogP contribution in [-0.2, 0) is 11.3 Å². The van der Waals surface area contributed by atoms with Crippen LogP contribution in [0.3, 0.4) is 0 Å². The smallest absolute Gasteiger partial charge is 0.408 e. The molecule has 2 heterocycles. The Balaban J connectivity index is 1.47. The number of para-hydroxylation sites is 2. The fourth-order valence-corrected chi connectivity index (χ4v) is 3.38. The van der Waals surface area contributed by atoms with Crippen LogP contribution in [0.4, 0.5) is 0 Å². The molecule has 22 heavy (non-hydrogen) atoms. The van der Waals surface area contributed by atoms with Gasteiger partial charge in [0.25, 0.3) is 0 Å². The van der Waals surface area contributed by atoms with Crippen LogP contribution in [0.5, 0.6) is 0 Å². The second-order valence-corrected chi connectivity index (χ2v) is 6.44. The number of oxazole rings is 1. The molecule has 5 heteroatoms. The van der Waals surface area contributed by atoms with Crippen molar-refractivity contribution in [3.05, 3.63) is 34.8 Å². The van der Waals surface area contributed by atoms with Crippen molar-refractivity contribution in [1.82, 2.24) is 9.47 Å². The number of aromatic nitrogens is 1. The van der Waals surface area contributed by atoms with E-state index in [1.165, 1.54) is 12.8 Å². The molecule has 0 N–H and O–H groups in total. The van der Waals surface area contributed by atoms with Crippen LogP contribution in [-0.4, -0.2) is 41.8 Å². The Bertz CT molecular complexity index is 695. The molecule has 1 atom stereocenters. The lowest BCUT2D eigenvalue weighted by Gasteiger charge is -2.24. The maximum Gasteiger partial charge on any atom is 0.419 e. The Kier molecular flexibility index (Phi) is 3.76. The van der Waals surface area contributed by atoms with Crippen LogP contribution in [0.15, 0.2) is 33.5 Å².